The van der Waals surface area contributed by atoms with Crippen LogP contribution in [-0.2, 0) is 12.7 Å². The minimum atomic E-state index is -4.67. The summed E-state index contributed by atoms with van der Waals surface area (Å²) in [5, 5.41) is 3.41. The number of imidazole rings is 1. The van der Waals surface area contributed by atoms with Crippen LogP contribution in [0.15, 0.2) is 45.8 Å². The number of benzene rings is 1. The summed E-state index contributed by atoms with van der Waals surface area (Å²) in [5.74, 6) is -2.10. The molecule has 1 N–H and O–H groups in total. The Balaban J connectivity index is 1.87. The fraction of sp³-hybridized carbons (Fsp3) is 0.133. The lowest BCUT2D eigenvalue weighted by molar-refractivity contribution is -0.146. The molecule has 0 radical (unpaired) electrons. The fourth-order valence-corrected chi connectivity index (χ4v) is 2.50. The van der Waals surface area contributed by atoms with Crippen LogP contribution in [0, 0.1) is 0 Å². The smallest absolute Gasteiger partial charge is 0.313 e. The predicted octanol–water partition coefficient (Wildman–Crippen LogP) is 2.24. The van der Waals surface area contributed by atoms with Gasteiger partial charge in [-0.2, -0.15) is 13.2 Å². The summed E-state index contributed by atoms with van der Waals surface area (Å²) in [5.41, 5.74) is 0.611. The number of fused-ring (bicyclic) bond motifs is 1. The monoisotopic (exact) mass is 362 g/mol. The maximum Gasteiger partial charge on any atom is 0.449 e. The van der Waals surface area contributed by atoms with Crippen molar-refractivity contribution in [2.24, 2.45) is 0 Å². The molecule has 3 aromatic heterocycles. The lowest BCUT2D eigenvalue weighted by atomic mass is 10.2. The van der Waals surface area contributed by atoms with E-state index in [1.807, 2.05) is 0 Å². The van der Waals surface area contributed by atoms with Crippen molar-refractivity contribution in [3.8, 4) is 11.6 Å². The van der Waals surface area contributed by atoms with Gasteiger partial charge in [-0.1, -0.05) is 35.5 Å². The molecule has 0 fully saturated rings. The Labute approximate surface area is 142 Å². The highest BCUT2D eigenvalue weighted by molar-refractivity contribution is 5.73. The molecule has 26 heavy (non-hydrogen) atoms. The Morgan fingerprint density at radius 1 is 1.15 bits per heavy atom. The van der Waals surface area contributed by atoms with Gasteiger partial charge in [0.05, 0.1) is 6.20 Å². The van der Waals surface area contributed by atoms with Gasteiger partial charge in [0.25, 0.3) is 0 Å². The maximum atomic E-state index is 13.4. The van der Waals surface area contributed by atoms with Crippen LogP contribution in [-0.4, -0.2) is 29.7 Å². The average Bonchev–Trinajstić information content (AvgIpc) is 3.19. The summed E-state index contributed by atoms with van der Waals surface area (Å²) >= 11 is 0. The summed E-state index contributed by atoms with van der Waals surface area (Å²) in [6.45, 7) is -0.0459. The van der Waals surface area contributed by atoms with E-state index in [1.165, 1.54) is 6.20 Å². The zero-order chi connectivity index (χ0) is 18.3. The quantitative estimate of drug-likeness (QED) is 0.600. The first-order valence-electron chi connectivity index (χ1n) is 7.32. The second-order valence-corrected chi connectivity index (χ2v) is 5.35. The van der Waals surface area contributed by atoms with Crippen LogP contribution in [0.2, 0.25) is 0 Å². The second-order valence-electron chi connectivity index (χ2n) is 5.35. The van der Waals surface area contributed by atoms with Crippen LogP contribution in [0.5, 0.6) is 0 Å². The Kier molecular flexibility index (Phi) is 3.56. The van der Waals surface area contributed by atoms with Gasteiger partial charge in [0.15, 0.2) is 5.65 Å². The number of rotatable bonds is 3. The molecule has 8 nitrogen and oxygen atoms in total. The van der Waals surface area contributed by atoms with Gasteiger partial charge in [0.1, 0.15) is 5.52 Å². The third-order valence-electron chi connectivity index (χ3n) is 3.60. The minimum Gasteiger partial charge on any atom is -0.313 e. The lowest BCUT2D eigenvalue weighted by Gasteiger charge is -2.11. The number of aromatic amines is 1. The molecular weight excluding hydrogens is 353 g/mol. The first-order valence-corrected chi connectivity index (χ1v) is 7.32. The molecule has 0 aliphatic rings. The van der Waals surface area contributed by atoms with Crippen molar-refractivity contribution >= 4 is 11.2 Å². The van der Waals surface area contributed by atoms with Crippen LogP contribution < -0.4 is 5.76 Å². The maximum absolute atomic E-state index is 13.4. The van der Waals surface area contributed by atoms with Gasteiger partial charge in [-0.05, 0) is 5.56 Å². The molecule has 0 unspecified atom stereocenters. The van der Waals surface area contributed by atoms with E-state index < -0.39 is 17.8 Å². The molecule has 0 amide bonds. The highest BCUT2D eigenvalue weighted by Crippen LogP contribution is 2.31. The third kappa shape index (κ3) is 2.83. The molecular formula is C15H9F3N6O2. The lowest BCUT2D eigenvalue weighted by Crippen LogP contribution is -2.15. The van der Waals surface area contributed by atoms with E-state index in [9.17, 15) is 18.0 Å². The van der Waals surface area contributed by atoms with Crippen LogP contribution in [0.3, 0.4) is 0 Å². The second kappa shape index (κ2) is 5.79. The zero-order valence-corrected chi connectivity index (χ0v) is 12.9. The Hall–Kier alpha value is -3.50. The van der Waals surface area contributed by atoms with Crippen LogP contribution >= 0.6 is 0 Å². The number of nitrogens with zero attached hydrogens (tertiary/aromatic N) is 5. The summed E-state index contributed by atoms with van der Waals surface area (Å²) in [7, 11) is 0. The van der Waals surface area contributed by atoms with Gasteiger partial charge in [0.2, 0.25) is 17.5 Å². The minimum absolute atomic E-state index is 0.0459. The fourth-order valence-electron chi connectivity index (χ4n) is 2.50. The Morgan fingerprint density at radius 3 is 2.58 bits per heavy atom. The molecule has 11 heteroatoms. The molecule has 0 saturated heterocycles. The largest absolute Gasteiger partial charge is 0.449 e. The molecule has 3 heterocycles. The molecule has 132 valence electrons. The first-order chi connectivity index (χ1) is 12.4. The van der Waals surface area contributed by atoms with Gasteiger partial charge in [-0.3, -0.25) is 9.51 Å². The SMILES string of the molecule is O=c1[nH]c(-c2ncc3c(n2)nc(C(F)(F)F)n3Cc2ccccc2)no1. The van der Waals surface area contributed by atoms with Crippen LogP contribution in [0.1, 0.15) is 11.4 Å². The molecule has 1 aromatic carbocycles. The van der Waals surface area contributed by atoms with Gasteiger partial charge in [-0.15, -0.1) is 0 Å². The molecule has 0 atom stereocenters. The highest BCUT2D eigenvalue weighted by Gasteiger charge is 2.38. The molecule has 0 saturated carbocycles. The zero-order valence-electron chi connectivity index (χ0n) is 12.9. The normalized spacial score (nSPS) is 12.0. The van der Waals surface area contributed by atoms with E-state index in [2.05, 4.69) is 29.6 Å². The van der Waals surface area contributed by atoms with Crippen molar-refractivity contribution in [3.05, 3.63) is 58.5 Å². The number of aromatic nitrogens is 6. The number of halogens is 3. The summed E-state index contributed by atoms with van der Waals surface area (Å²) in [6.07, 6.45) is -3.46. The average molecular weight is 362 g/mol. The number of hydrogen-bond acceptors (Lipinski definition) is 6. The number of alkyl halides is 3. The predicted molar refractivity (Wildman–Crippen MR) is 82.0 cm³/mol. The van der Waals surface area contributed by atoms with Gasteiger partial charge >= 0.3 is 11.9 Å². The Morgan fingerprint density at radius 2 is 1.92 bits per heavy atom. The standard InChI is InChI=1S/C15H9F3N6O2/c16-15(17,18)13-21-10-9(24(13)7-8-4-2-1-3-5-8)6-19-11(20-10)12-22-14(25)26-23-12/h1-6H,7H2,(H,22,23,25). The highest BCUT2D eigenvalue weighted by atomic mass is 19.4. The van der Waals surface area contributed by atoms with Crippen molar-refractivity contribution in [2.45, 2.75) is 12.7 Å². The number of nitrogens with one attached hydrogen (secondary N) is 1. The molecule has 0 bridgehead atoms. The van der Waals surface area contributed by atoms with E-state index in [0.29, 0.717) is 5.56 Å². The van der Waals surface area contributed by atoms with Gasteiger partial charge in [-0.25, -0.2) is 19.7 Å². The summed E-state index contributed by atoms with van der Waals surface area (Å²) in [6, 6.07) is 8.66. The van der Waals surface area contributed by atoms with Crippen molar-refractivity contribution in [1.82, 2.24) is 29.7 Å². The van der Waals surface area contributed by atoms with Gasteiger partial charge in [0, 0.05) is 6.54 Å². The number of H-pyrrole nitrogens is 1. The van der Waals surface area contributed by atoms with E-state index in [1.54, 1.807) is 30.3 Å². The van der Waals surface area contributed by atoms with Crippen LogP contribution in [0.4, 0.5) is 13.2 Å². The Bertz CT molecular complexity index is 1130. The molecule has 4 aromatic rings. The molecule has 0 aliphatic carbocycles. The van der Waals surface area contributed by atoms with E-state index in [0.717, 1.165) is 4.57 Å². The molecule has 0 aliphatic heterocycles. The molecule has 4 rings (SSSR count). The van der Waals surface area contributed by atoms with Crippen molar-refractivity contribution in [1.29, 1.82) is 0 Å². The number of hydrogen-bond donors (Lipinski definition) is 1. The van der Waals surface area contributed by atoms with E-state index in [4.69, 9.17) is 0 Å². The van der Waals surface area contributed by atoms with E-state index >= 15 is 0 Å². The van der Waals surface area contributed by atoms with Crippen molar-refractivity contribution in [3.63, 3.8) is 0 Å². The summed E-state index contributed by atoms with van der Waals surface area (Å²) in [4.78, 5) is 24.8. The summed E-state index contributed by atoms with van der Waals surface area (Å²) < 4.78 is 45.6. The van der Waals surface area contributed by atoms with Crippen LogP contribution in [0.25, 0.3) is 22.8 Å². The van der Waals surface area contributed by atoms with E-state index in [-0.39, 0.29) is 29.4 Å². The topological polar surface area (TPSA) is 102 Å². The van der Waals surface area contributed by atoms with Crippen molar-refractivity contribution < 1.29 is 17.7 Å². The third-order valence-corrected chi connectivity index (χ3v) is 3.60. The molecule has 0 spiro atoms. The first kappa shape index (κ1) is 16.0. The van der Waals surface area contributed by atoms with Gasteiger partial charge < -0.3 is 4.57 Å². The van der Waals surface area contributed by atoms with Crippen molar-refractivity contribution in [2.75, 3.05) is 0 Å².